The van der Waals surface area contributed by atoms with Crippen molar-refractivity contribution in [3.8, 4) is 5.75 Å². The second kappa shape index (κ2) is 3.96. The lowest BCUT2D eigenvalue weighted by molar-refractivity contribution is 0.101. The summed E-state index contributed by atoms with van der Waals surface area (Å²) in [5, 5.41) is 0. The zero-order valence-electron chi connectivity index (χ0n) is 9.65. The third kappa shape index (κ3) is 1.56. The number of ketones is 1. The summed E-state index contributed by atoms with van der Waals surface area (Å²) >= 11 is 0. The molecule has 2 heterocycles. The van der Waals surface area contributed by atoms with E-state index in [9.17, 15) is 4.79 Å². The van der Waals surface area contributed by atoms with E-state index in [1.54, 1.807) is 24.6 Å². The molecule has 0 N–H and O–H groups in total. The van der Waals surface area contributed by atoms with Crippen LogP contribution in [0.5, 0.6) is 5.75 Å². The van der Waals surface area contributed by atoms with Crippen molar-refractivity contribution in [3.05, 3.63) is 29.7 Å². The predicted molar refractivity (Wildman–Crippen MR) is 61.1 cm³/mol. The van der Waals surface area contributed by atoms with E-state index in [1.807, 2.05) is 19.1 Å². The van der Waals surface area contributed by atoms with Crippen LogP contribution in [0.3, 0.4) is 0 Å². The number of fused-ring (bicyclic) bond motifs is 1. The van der Waals surface area contributed by atoms with E-state index in [-0.39, 0.29) is 5.78 Å². The number of methoxy groups -OCH3 is 1. The molecule has 0 saturated heterocycles. The van der Waals surface area contributed by atoms with E-state index in [4.69, 9.17) is 4.74 Å². The Balaban J connectivity index is 2.75. The summed E-state index contributed by atoms with van der Waals surface area (Å²) in [6.45, 7) is 3.55. The van der Waals surface area contributed by atoms with Crippen LogP contribution in [-0.2, 0) is 6.42 Å². The van der Waals surface area contributed by atoms with Crippen molar-refractivity contribution in [1.29, 1.82) is 0 Å². The molecule has 0 aliphatic carbocycles. The fourth-order valence-electron chi connectivity index (χ4n) is 1.81. The van der Waals surface area contributed by atoms with Crippen molar-refractivity contribution in [2.24, 2.45) is 0 Å². The summed E-state index contributed by atoms with van der Waals surface area (Å²) < 4.78 is 6.93. The third-order valence-electron chi connectivity index (χ3n) is 2.57. The zero-order valence-corrected chi connectivity index (χ0v) is 9.65. The fourth-order valence-corrected chi connectivity index (χ4v) is 1.81. The lowest BCUT2D eigenvalue weighted by atomic mass is 10.2. The highest BCUT2D eigenvalue weighted by atomic mass is 16.5. The molecule has 0 fully saturated rings. The number of hydrogen-bond donors (Lipinski definition) is 0. The van der Waals surface area contributed by atoms with Crippen LogP contribution in [0.4, 0.5) is 0 Å². The maximum absolute atomic E-state index is 11.6. The van der Waals surface area contributed by atoms with Crippen LogP contribution in [0.25, 0.3) is 5.65 Å². The molecule has 2 rings (SSSR count). The molecule has 84 valence electrons. The maximum atomic E-state index is 11.6. The van der Waals surface area contributed by atoms with Gasteiger partial charge in [-0.2, -0.15) is 0 Å². The van der Waals surface area contributed by atoms with E-state index >= 15 is 0 Å². The first-order valence-electron chi connectivity index (χ1n) is 5.23. The molecule has 4 heteroatoms. The first kappa shape index (κ1) is 10.7. The second-order valence-corrected chi connectivity index (χ2v) is 3.61. The van der Waals surface area contributed by atoms with E-state index in [0.717, 1.165) is 23.5 Å². The van der Waals surface area contributed by atoms with Gasteiger partial charge in [0.1, 0.15) is 17.1 Å². The Hall–Kier alpha value is -1.84. The van der Waals surface area contributed by atoms with Crippen LogP contribution in [0, 0.1) is 0 Å². The molecule has 0 spiro atoms. The van der Waals surface area contributed by atoms with Gasteiger partial charge in [-0.25, -0.2) is 4.98 Å². The Morgan fingerprint density at radius 1 is 1.50 bits per heavy atom. The smallest absolute Gasteiger partial charge is 0.178 e. The molecule has 0 aliphatic heterocycles. The molecule has 4 nitrogen and oxygen atoms in total. The molecular weight excluding hydrogens is 204 g/mol. The van der Waals surface area contributed by atoms with Crippen LogP contribution < -0.4 is 4.74 Å². The van der Waals surface area contributed by atoms with E-state index in [1.165, 1.54) is 0 Å². The largest absolute Gasteiger partial charge is 0.495 e. The average Bonchev–Trinajstić information content (AvgIpc) is 2.65. The van der Waals surface area contributed by atoms with Crippen molar-refractivity contribution >= 4 is 11.4 Å². The van der Waals surface area contributed by atoms with Crippen molar-refractivity contribution in [1.82, 2.24) is 9.38 Å². The fraction of sp³-hybridized carbons (Fsp3) is 0.333. The summed E-state index contributed by atoms with van der Waals surface area (Å²) in [5.41, 5.74) is 2.26. The minimum Gasteiger partial charge on any atom is -0.495 e. The summed E-state index contributed by atoms with van der Waals surface area (Å²) in [7, 11) is 1.60. The van der Waals surface area contributed by atoms with E-state index < -0.39 is 0 Å². The Morgan fingerprint density at radius 3 is 2.81 bits per heavy atom. The number of aromatic nitrogens is 2. The van der Waals surface area contributed by atoms with E-state index in [2.05, 4.69) is 4.98 Å². The van der Waals surface area contributed by atoms with Crippen molar-refractivity contribution < 1.29 is 9.53 Å². The predicted octanol–water partition coefficient (Wildman–Crippen LogP) is 2.11. The number of pyridine rings is 1. The van der Waals surface area contributed by atoms with Crippen LogP contribution in [0.1, 0.15) is 30.0 Å². The van der Waals surface area contributed by atoms with Crippen molar-refractivity contribution in [2.45, 2.75) is 20.3 Å². The summed E-state index contributed by atoms with van der Waals surface area (Å²) in [6.07, 6.45) is 2.54. The number of carbonyl (C=O) groups excluding carboxylic acids is 1. The van der Waals surface area contributed by atoms with Gasteiger partial charge in [-0.05, 0) is 18.6 Å². The monoisotopic (exact) mass is 218 g/mol. The van der Waals surface area contributed by atoms with Gasteiger partial charge in [0.05, 0.1) is 19.0 Å². The van der Waals surface area contributed by atoms with Gasteiger partial charge in [0.2, 0.25) is 0 Å². The highest BCUT2D eigenvalue weighted by Crippen LogP contribution is 2.18. The lowest BCUT2D eigenvalue weighted by Crippen LogP contribution is -2.02. The SMILES string of the molecule is CCc1nc2ccc(OC)cn2c1C(C)=O. The van der Waals surface area contributed by atoms with Crippen LogP contribution in [0.2, 0.25) is 0 Å². The molecule has 2 aromatic heterocycles. The number of nitrogens with zero attached hydrogens (tertiary/aromatic N) is 2. The molecule has 0 aliphatic rings. The Bertz CT molecular complexity index is 543. The van der Waals surface area contributed by atoms with Gasteiger partial charge < -0.3 is 4.74 Å². The normalized spacial score (nSPS) is 10.7. The highest BCUT2D eigenvalue weighted by molar-refractivity contribution is 5.94. The second-order valence-electron chi connectivity index (χ2n) is 3.61. The summed E-state index contributed by atoms with van der Waals surface area (Å²) in [4.78, 5) is 16.0. The van der Waals surface area contributed by atoms with Crippen LogP contribution >= 0.6 is 0 Å². The molecule has 0 atom stereocenters. The highest BCUT2D eigenvalue weighted by Gasteiger charge is 2.14. The number of ether oxygens (including phenoxy) is 1. The van der Waals surface area contributed by atoms with Crippen molar-refractivity contribution in [3.63, 3.8) is 0 Å². The molecular formula is C12H14N2O2. The minimum absolute atomic E-state index is 0.0256. The summed E-state index contributed by atoms with van der Waals surface area (Å²) in [5.74, 6) is 0.743. The third-order valence-corrected chi connectivity index (χ3v) is 2.57. The number of aryl methyl sites for hydroxylation is 1. The number of Topliss-reactive ketones (excluding diaryl/α,β-unsaturated/α-hetero) is 1. The van der Waals surface area contributed by atoms with Gasteiger partial charge in [-0.1, -0.05) is 6.92 Å². The molecule has 0 bridgehead atoms. The van der Waals surface area contributed by atoms with E-state index in [0.29, 0.717) is 5.69 Å². The maximum Gasteiger partial charge on any atom is 0.178 e. The zero-order chi connectivity index (χ0) is 11.7. The number of carbonyl (C=O) groups is 1. The lowest BCUT2D eigenvalue weighted by Gasteiger charge is -2.02. The van der Waals surface area contributed by atoms with Gasteiger partial charge in [-0.3, -0.25) is 9.20 Å². The van der Waals surface area contributed by atoms with Crippen LogP contribution in [-0.4, -0.2) is 22.3 Å². The van der Waals surface area contributed by atoms with Crippen molar-refractivity contribution in [2.75, 3.05) is 7.11 Å². The van der Waals surface area contributed by atoms with Gasteiger partial charge in [0.15, 0.2) is 5.78 Å². The molecule has 0 aromatic carbocycles. The number of imidazole rings is 1. The van der Waals surface area contributed by atoms with Gasteiger partial charge >= 0.3 is 0 Å². The number of rotatable bonds is 3. The molecule has 0 radical (unpaired) electrons. The Morgan fingerprint density at radius 2 is 2.25 bits per heavy atom. The molecule has 0 amide bonds. The standard InChI is InChI=1S/C12H14N2O2/c1-4-10-12(8(2)15)14-7-9(16-3)5-6-11(14)13-10/h5-7H,4H2,1-3H3. The quantitative estimate of drug-likeness (QED) is 0.741. The topological polar surface area (TPSA) is 43.6 Å². The summed E-state index contributed by atoms with van der Waals surface area (Å²) in [6, 6.07) is 3.69. The van der Waals surface area contributed by atoms with Gasteiger partial charge in [0.25, 0.3) is 0 Å². The van der Waals surface area contributed by atoms with Crippen LogP contribution in [0.15, 0.2) is 18.3 Å². The first-order chi connectivity index (χ1) is 7.67. The average molecular weight is 218 g/mol. The molecule has 16 heavy (non-hydrogen) atoms. The minimum atomic E-state index is 0.0256. The van der Waals surface area contributed by atoms with Gasteiger partial charge in [-0.15, -0.1) is 0 Å². The van der Waals surface area contributed by atoms with Gasteiger partial charge in [0, 0.05) is 6.92 Å². The Labute approximate surface area is 93.9 Å². The molecule has 2 aromatic rings. The first-order valence-corrected chi connectivity index (χ1v) is 5.23. The number of hydrogen-bond acceptors (Lipinski definition) is 3. The molecule has 0 saturated carbocycles. The Kier molecular flexibility index (Phi) is 2.64. The molecule has 0 unspecified atom stereocenters.